The molecular weight excluding hydrogens is 311 g/mol. The Hall–Kier alpha value is -2.89. The number of nitrogens with one attached hydrogen (secondary N) is 2. The van der Waals surface area contributed by atoms with Crippen molar-refractivity contribution in [3.05, 3.63) is 65.5 Å². The number of amides is 2. The lowest BCUT2D eigenvalue weighted by Gasteiger charge is -2.15. The molecule has 24 heavy (non-hydrogen) atoms. The van der Waals surface area contributed by atoms with E-state index in [4.69, 9.17) is 4.74 Å². The molecule has 0 radical (unpaired) electrons. The summed E-state index contributed by atoms with van der Waals surface area (Å²) in [5.41, 5.74) is 6.35. The summed E-state index contributed by atoms with van der Waals surface area (Å²) in [6.45, 7) is 3.54. The molecule has 0 heterocycles. The van der Waals surface area contributed by atoms with Crippen molar-refractivity contribution in [2.45, 2.75) is 26.4 Å². The molecule has 0 fully saturated rings. The van der Waals surface area contributed by atoms with Crippen molar-refractivity contribution in [2.75, 3.05) is 0 Å². The van der Waals surface area contributed by atoms with Gasteiger partial charge in [0.05, 0.1) is 6.42 Å². The zero-order chi connectivity index (χ0) is 17.5. The van der Waals surface area contributed by atoms with Crippen LogP contribution in [0.1, 0.15) is 18.1 Å². The molecule has 0 aromatic heterocycles. The van der Waals surface area contributed by atoms with Crippen molar-refractivity contribution in [2.24, 2.45) is 0 Å². The van der Waals surface area contributed by atoms with Crippen molar-refractivity contribution in [3.63, 3.8) is 0 Å². The summed E-state index contributed by atoms with van der Waals surface area (Å²) in [6, 6.07) is 12.9. The second-order valence-electron chi connectivity index (χ2n) is 5.41. The number of hydrazine groups is 1. The minimum atomic E-state index is -0.765. The van der Waals surface area contributed by atoms with E-state index in [0.29, 0.717) is 11.3 Å². The number of rotatable bonds is 5. The molecule has 0 saturated heterocycles. The molecular formula is C18H19FN2O3. The molecule has 0 saturated carbocycles. The minimum Gasteiger partial charge on any atom is -0.481 e. The first-order valence-electron chi connectivity index (χ1n) is 7.50. The van der Waals surface area contributed by atoms with Gasteiger partial charge in [-0.2, -0.15) is 0 Å². The Kier molecular flexibility index (Phi) is 5.89. The highest BCUT2D eigenvalue weighted by Gasteiger charge is 2.15. The summed E-state index contributed by atoms with van der Waals surface area (Å²) < 4.78 is 18.3. The Morgan fingerprint density at radius 3 is 2.29 bits per heavy atom. The van der Waals surface area contributed by atoms with E-state index in [1.54, 1.807) is 19.1 Å². The van der Waals surface area contributed by atoms with Crippen LogP contribution in [0, 0.1) is 12.7 Å². The van der Waals surface area contributed by atoms with Gasteiger partial charge in [0, 0.05) is 0 Å². The summed E-state index contributed by atoms with van der Waals surface area (Å²) in [5, 5.41) is 0. The van der Waals surface area contributed by atoms with Gasteiger partial charge in [-0.25, -0.2) is 4.39 Å². The third-order valence-electron chi connectivity index (χ3n) is 3.31. The fourth-order valence-corrected chi connectivity index (χ4v) is 1.94. The van der Waals surface area contributed by atoms with E-state index in [2.05, 4.69) is 10.9 Å². The minimum absolute atomic E-state index is 0.0355. The Morgan fingerprint density at radius 1 is 1.04 bits per heavy atom. The van der Waals surface area contributed by atoms with Gasteiger partial charge in [0.15, 0.2) is 6.10 Å². The fraction of sp³-hybridized carbons (Fsp3) is 0.222. The first-order valence-corrected chi connectivity index (χ1v) is 7.50. The number of aryl methyl sites for hydroxylation is 1. The molecule has 1 atom stereocenters. The van der Waals surface area contributed by atoms with Gasteiger partial charge < -0.3 is 4.74 Å². The zero-order valence-electron chi connectivity index (χ0n) is 13.5. The summed E-state index contributed by atoms with van der Waals surface area (Å²) in [6.07, 6.45) is -0.729. The highest BCUT2D eigenvalue weighted by molar-refractivity contribution is 5.85. The topological polar surface area (TPSA) is 67.4 Å². The number of hydrogen-bond donors (Lipinski definition) is 2. The SMILES string of the molecule is Cc1ccc(OC(C)C(=O)NNC(=O)Cc2ccc(F)cc2)cc1. The molecule has 2 rings (SSSR count). The number of hydrogen-bond acceptors (Lipinski definition) is 3. The molecule has 0 aliphatic carbocycles. The Morgan fingerprint density at radius 2 is 1.67 bits per heavy atom. The van der Waals surface area contributed by atoms with Crippen LogP contribution in [-0.4, -0.2) is 17.9 Å². The van der Waals surface area contributed by atoms with Crippen molar-refractivity contribution in [3.8, 4) is 5.75 Å². The van der Waals surface area contributed by atoms with Crippen molar-refractivity contribution in [1.29, 1.82) is 0 Å². The molecule has 1 unspecified atom stereocenters. The number of ether oxygens (including phenoxy) is 1. The van der Waals surface area contributed by atoms with Crippen molar-refractivity contribution >= 4 is 11.8 Å². The lowest BCUT2D eigenvalue weighted by molar-refractivity contribution is -0.132. The lowest BCUT2D eigenvalue weighted by atomic mass is 10.1. The van der Waals surface area contributed by atoms with E-state index in [1.165, 1.54) is 24.3 Å². The average molecular weight is 330 g/mol. The van der Waals surface area contributed by atoms with Crippen LogP contribution in [0.15, 0.2) is 48.5 Å². The third-order valence-corrected chi connectivity index (χ3v) is 3.31. The highest BCUT2D eigenvalue weighted by atomic mass is 19.1. The fourth-order valence-electron chi connectivity index (χ4n) is 1.94. The molecule has 126 valence electrons. The standard InChI is InChI=1S/C18H19FN2O3/c1-12-3-9-16(10-4-12)24-13(2)18(23)21-20-17(22)11-14-5-7-15(19)8-6-14/h3-10,13H,11H2,1-2H3,(H,20,22)(H,21,23). The van der Waals surface area contributed by atoms with E-state index < -0.39 is 17.9 Å². The predicted octanol–water partition coefficient (Wildman–Crippen LogP) is 2.29. The molecule has 5 nitrogen and oxygen atoms in total. The molecule has 2 N–H and O–H groups in total. The predicted molar refractivity (Wildman–Crippen MR) is 87.7 cm³/mol. The van der Waals surface area contributed by atoms with Gasteiger partial charge in [-0.05, 0) is 43.7 Å². The van der Waals surface area contributed by atoms with Crippen LogP contribution >= 0.6 is 0 Å². The van der Waals surface area contributed by atoms with Gasteiger partial charge in [-0.15, -0.1) is 0 Å². The summed E-state index contributed by atoms with van der Waals surface area (Å²) in [5.74, 6) is -0.670. The number of benzene rings is 2. The van der Waals surface area contributed by atoms with Crippen LogP contribution in [0.4, 0.5) is 4.39 Å². The number of carbonyl (C=O) groups is 2. The Bertz CT molecular complexity index is 699. The average Bonchev–Trinajstić information content (AvgIpc) is 2.57. The molecule has 0 aliphatic heterocycles. The Balaban J connectivity index is 1.77. The molecule has 6 heteroatoms. The molecule has 0 bridgehead atoms. The van der Waals surface area contributed by atoms with E-state index in [-0.39, 0.29) is 12.2 Å². The largest absolute Gasteiger partial charge is 0.481 e. The quantitative estimate of drug-likeness (QED) is 0.827. The third kappa shape index (κ3) is 5.39. The van der Waals surface area contributed by atoms with E-state index in [1.807, 2.05) is 19.1 Å². The monoisotopic (exact) mass is 330 g/mol. The second kappa shape index (κ2) is 8.10. The van der Waals surface area contributed by atoms with Crippen LogP contribution in [0.25, 0.3) is 0 Å². The highest BCUT2D eigenvalue weighted by Crippen LogP contribution is 2.13. The van der Waals surface area contributed by atoms with Gasteiger partial charge in [0.2, 0.25) is 5.91 Å². The summed E-state index contributed by atoms with van der Waals surface area (Å²) in [7, 11) is 0. The normalized spacial score (nSPS) is 11.5. The van der Waals surface area contributed by atoms with Crippen LogP contribution < -0.4 is 15.6 Å². The van der Waals surface area contributed by atoms with Crippen LogP contribution in [0.3, 0.4) is 0 Å². The van der Waals surface area contributed by atoms with Gasteiger partial charge >= 0.3 is 0 Å². The van der Waals surface area contributed by atoms with E-state index in [9.17, 15) is 14.0 Å². The maximum atomic E-state index is 12.8. The lowest BCUT2D eigenvalue weighted by Crippen LogP contribution is -2.47. The maximum absolute atomic E-state index is 12.8. The maximum Gasteiger partial charge on any atom is 0.279 e. The smallest absolute Gasteiger partial charge is 0.279 e. The van der Waals surface area contributed by atoms with Crippen LogP contribution in [0.5, 0.6) is 5.75 Å². The van der Waals surface area contributed by atoms with Gasteiger partial charge in [-0.3, -0.25) is 20.4 Å². The second-order valence-corrected chi connectivity index (χ2v) is 5.41. The zero-order valence-corrected chi connectivity index (χ0v) is 13.5. The first-order chi connectivity index (χ1) is 11.4. The Labute approximate surface area is 139 Å². The van der Waals surface area contributed by atoms with Crippen molar-refractivity contribution in [1.82, 2.24) is 10.9 Å². The van der Waals surface area contributed by atoms with Crippen LogP contribution in [-0.2, 0) is 16.0 Å². The van der Waals surface area contributed by atoms with E-state index in [0.717, 1.165) is 5.56 Å². The number of carbonyl (C=O) groups excluding carboxylic acids is 2. The van der Waals surface area contributed by atoms with Crippen molar-refractivity contribution < 1.29 is 18.7 Å². The van der Waals surface area contributed by atoms with Gasteiger partial charge in [-0.1, -0.05) is 29.8 Å². The summed E-state index contributed by atoms with van der Waals surface area (Å²) in [4.78, 5) is 23.7. The first kappa shape index (κ1) is 17.5. The van der Waals surface area contributed by atoms with Gasteiger partial charge in [0.1, 0.15) is 11.6 Å². The molecule has 2 aromatic rings. The summed E-state index contributed by atoms with van der Waals surface area (Å²) >= 11 is 0. The molecule has 2 amide bonds. The van der Waals surface area contributed by atoms with Crippen LogP contribution in [0.2, 0.25) is 0 Å². The molecule has 0 aliphatic rings. The number of halogens is 1. The molecule has 0 spiro atoms. The van der Waals surface area contributed by atoms with Gasteiger partial charge in [0.25, 0.3) is 5.91 Å². The van der Waals surface area contributed by atoms with E-state index >= 15 is 0 Å². The molecule has 2 aromatic carbocycles.